The van der Waals surface area contributed by atoms with Crippen LogP contribution in [0.15, 0.2) is 24.3 Å². The molecule has 0 radical (unpaired) electrons. The summed E-state index contributed by atoms with van der Waals surface area (Å²) in [4.78, 5) is 2.40. The van der Waals surface area contributed by atoms with Gasteiger partial charge in [0.15, 0.2) is 5.82 Å². The van der Waals surface area contributed by atoms with Gasteiger partial charge in [-0.1, -0.05) is 12.1 Å². The third-order valence-corrected chi connectivity index (χ3v) is 3.68. The highest BCUT2D eigenvalue weighted by molar-refractivity contribution is 7.13. The molecule has 0 aliphatic carbocycles. The van der Waals surface area contributed by atoms with Gasteiger partial charge in [0.05, 0.1) is 30.9 Å². The molecule has 0 bridgehead atoms. The van der Waals surface area contributed by atoms with E-state index in [0.717, 1.165) is 13.1 Å². The third kappa shape index (κ3) is 1.60. The van der Waals surface area contributed by atoms with Gasteiger partial charge in [0, 0.05) is 5.39 Å². The highest BCUT2D eigenvalue weighted by Gasteiger charge is 2.17. The zero-order valence-corrected chi connectivity index (χ0v) is 9.33. The second kappa shape index (κ2) is 3.79. The van der Waals surface area contributed by atoms with Gasteiger partial charge in [-0.3, -0.25) is 0 Å². The molecule has 15 heavy (non-hydrogen) atoms. The Morgan fingerprint density at radius 3 is 2.87 bits per heavy atom. The van der Waals surface area contributed by atoms with E-state index in [4.69, 9.17) is 0 Å². The van der Waals surface area contributed by atoms with Crippen molar-refractivity contribution in [2.75, 3.05) is 31.1 Å². The molecule has 0 spiro atoms. The molecule has 78 valence electrons. The van der Waals surface area contributed by atoms with E-state index in [0.29, 0.717) is 0 Å². The summed E-state index contributed by atoms with van der Waals surface area (Å²) in [7, 11) is 0. The third-order valence-electron chi connectivity index (χ3n) is 2.86. The fourth-order valence-corrected chi connectivity index (χ4v) is 2.86. The van der Waals surface area contributed by atoms with Gasteiger partial charge in [0.2, 0.25) is 0 Å². The second-order valence-corrected chi connectivity index (χ2v) is 4.66. The van der Waals surface area contributed by atoms with E-state index in [1.165, 1.54) is 29.0 Å². The Morgan fingerprint density at radius 2 is 2.00 bits per heavy atom. The lowest BCUT2D eigenvalue weighted by atomic mass is 10.2. The summed E-state index contributed by atoms with van der Waals surface area (Å²) >= 11 is 1.61. The first-order valence-electron chi connectivity index (χ1n) is 5.36. The molecule has 2 aromatic rings. The molecule has 1 aromatic heterocycles. The van der Waals surface area contributed by atoms with Gasteiger partial charge < -0.3 is 10.2 Å². The van der Waals surface area contributed by atoms with E-state index in [-0.39, 0.29) is 0 Å². The fourth-order valence-electron chi connectivity index (χ4n) is 2.06. The van der Waals surface area contributed by atoms with Crippen LogP contribution in [-0.4, -0.2) is 30.6 Å². The molecule has 0 unspecified atom stereocenters. The van der Waals surface area contributed by atoms with Gasteiger partial charge in [0.1, 0.15) is 0 Å². The van der Waals surface area contributed by atoms with Crippen molar-refractivity contribution in [3.8, 4) is 0 Å². The molecular formula is C11H14N3S+. The van der Waals surface area contributed by atoms with Gasteiger partial charge in [-0.25, -0.2) is 0 Å². The van der Waals surface area contributed by atoms with E-state index < -0.39 is 0 Å². The topological polar surface area (TPSA) is 32.7 Å². The van der Waals surface area contributed by atoms with Crippen molar-refractivity contribution in [1.82, 2.24) is 4.37 Å². The number of anilines is 1. The first-order chi connectivity index (χ1) is 7.45. The van der Waals surface area contributed by atoms with Crippen LogP contribution >= 0.6 is 11.5 Å². The molecule has 0 atom stereocenters. The summed E-state index contributed by atoms with van der Waals surface area (Å²) in [5.41, 5.74) is 0. The number of nitrogens with zero attached hydrogens (tertiary/aromatic N) is 2. The quantitative estimate of drug-likeness (QED) is 0.766. The lowest BCUT2D eigenvalue weighted by Gasteiger charge is -2.25. The van der Waals surface area contributed by atoms with Crippen molar-refractivity contribution in [2.45, 2.75) is 0 Å². The molecule has 1 fully saturated rings. The zero-order chi connectivity index (χ0) is 10.1. The minimum absolute atomic E-state index is 1.12. The van der Waals surface area contributed by atoms with E-state index in [9.17, 15) is 0 Å². The van der Waals surface area contributed by atoms with Gasteiger partial charge in [-0.05, 0) is 23.7 Å². The summed E-state index contributed by atoms with van der Waals surface area (Å²) in [6.45, 7) is 4.61. The summed E-state index contributed by atoms with van der Waals surface area (Å²) in [6.07, 6.45) is 0. The van der Waals surface area contributed by atoms with Crippen LogP contribution in [0.3, 0.4) is 0 Å². The lowest BCUT2D eigenvalue weighted by molar-refractivity contribution is -0.655. The standard InChI is InChI=1S/C11H13N3S/c1-2-4-10-9(3-1)11(13-15-10)14-7-5-12-6-8-14/h1-4,12H,5-8H2/p+1. The Hall–Kier alpha value is -1.13. The van der Waals surface area contributed by atoms with Crippen LogP contribution in [0.1, 0.15) is 0 Å². The monoisotopic (exact) mass is 220 g/mol. The Bertz CT molecular complexity index is 460. The molecule has 2 heterocycles. The predicted molar refractivity (Wildman–Crippen MR) is 63.5 cm³/mol. The highest BCUT2D eigenvalue weighted by atomic mass is 32.1. The Labute approximate surface area is 92.9 Å². The molecule has 3 rings (SSSR count). The van der Waals surface area contributed by atoms with Gasteiger partial charge in [-0.2, -0.15) is 4.37 Å². The minimum Gasteiger partial charge on any atom is -0.344 e. The first kappa shape index (κ1) is 9.12. The predicted octanol–water partition coefficient (Wildman–Crippen LogP) is 0.680. The molecule has 1 saturated heterocycles. The van der Waals surface area contributed by atoms with E-state index in [1.54, 1.807) is 11.5 Å². The normalized spacial score (nSPS) is 17.2. The number of rotatable bonds is 1. The van der Waals surface area contributed by atoms with Crippen LogP contribution < -0.4 is 10.2 Å². The van der Waals surface area contributed by atoms with E-state index >= 15 is 0 Å². The van der Waals surface area contributed by atoms with E-state index in [2.05, 4.69) is 38.9 Å². The van der Waals surface area contributed by atoms with Gasteiger partial charge >= 0.3 is 0 Å². The Balaban J connectivity index is 2.02. The average molecular weight is 220 g/mol. The Kier molecular flexibility index (Phi) is 2.31. The van der Waals surface area contributed by atoms with Gasteiger partial charge in [0.25, 0.3) is 0 Å². The van der Waals surface area contributed by atoms with Crippen LogP contribution in [0.4, 0.5) is 5.82 Å². The van der Waals surface area contributed by atoms with Crippen LogP contribution in [0, 0.1) is 0 Å². The maximum Gasteiger partial charge on any atom is 0.150 e. The number of hydrogen-bond acceptors (Lipinski definition) is 3. The van der Waals surface area contributed by atoms with Crippen molar-refractivity contribution in [1.29, 1.82) is 0 Å². The molecule has 0 saturated carbocycles. The molecule has 1 aromatic carbocycles. The SMILES string of the molecule is c1ccc2c(N3CC[NH2+]CC3)nsc2c1. The Morgan fingerprint density at radius 1 is 1.20 bits per heavy atom. The van der Waals surface area contributed by atoms with Crippen molar-refractivity contribution in [3.05, 3.63) is 24.3 Å². The maximum atomic E-state index is 4.57. The highest BCUT2D eigenvalue weighted by Crippen LogP contribution is 2.28. The molecule has 0 amide bonds. The van der Waals surface area contributed by atoms with Crippen molar-refractivity contribution >= 4 is 27.4 Å². The largest absolute Gasteiger partial charge is 0.344 e. The number of nitrogens with two attached hydrogens (primary N) is 1. The smallest absolute Gasteiger partial charge is 0.150 e. The summed E-state index contributed by atoms with van der Waals surface area (Å²) in [5.74, 6) is 1.18. The van der Waals surface area contributed by atoms with E-state index in [1.807, 2.05) is 0 Å². The average Bonchev–Trinajstić information content (AvgIpc) is 2.74. The van der Waals surface area contributed by atoms with Crippen LogP contribution in [0.5, 0.6) is 0 Å². The van der Waals surface area contributed by atoms with Crippen molar-refractivity contribution in [3.63, 3.8) is 0 Å². The first-order valence-corrected chi connectivity index (χ1v) is 6.13. The van der Waals surface area contributed by atoms with Crippen molar-refractivity contribution in [2.24, 2.45) is 0 Å². The summed E-state index contributed by atoms with van der Waals surface area (Å²) in [6, 6.07) is 8.49. The summed E-state index contributed by atoms with van der Waals surface area (Å²) < 4.78 is 5.87. The fraction of sp³-hybridized carbons (Fsp3) is 0.364. The zero-order valence-electron chi connectivity index (χ0n) is 8.52. The second-order valence-electron chi connectivity index (χ2n) is 3.86. The molecule has 3 nitrogen and oxygen atoms in total. The molecule has 1 aliphatic rings. The van der Waals surface area contributed by atoms with Crippen LogP contribution in [0.2, 0.25) is 0 Å². The number of hydrogen-bond donors (Lipinski definition) is 1. The number of fused-ring (bicyclic) bond motifs is 1. The van der Waals surface area contributed by atoms with Crippen molar-refractivity contribution < 1.29 is 5.32 Å². The summed E-state index contributed by atoms with van der Waals surface area (Å²) in [5, 5.41) is 3.68. The number of benzene rings is 1. The number of piperazine rings is 1. The minimum atomic E-state index is 1.12. The molecule has 2 N–H and O–H groups in total. The number of aromatic nitrogens is 1. The maximum absolute atomic E-state index is 4.57. The van der Waals surface area contributed by atoms with Crippen LogP contribution in [0.25, 0.3) is 10.1 Å². The molecule has 4 heteroatoms. The molecular weight excluding hydrogens is 206 g/mol. The number of quaternary nitrogens is 1. The lowest BCUT2D eigenvalue weighted by Crippen LogP contribution is -2.89. The van der Waals surface area contributed by atoms with Gasteiger partial charge in [-0.15, -0.1) is 0 Å². The molecule has 1 aliphatic heterocycles. The van der Waals surface area contributed by atoms with Crippen LogP contribution in [-0.2, 0) is 0 Å².